The smallest absolute Gasteiger partial charge is 0.462 e. The molecule has 0 aliphatic heterocycles. The summed E-state index contributed by atoms with van der Waals surface area (Å²) in [6.07, 6.45) is 40.7. The molecule has 0 aromatic carbocycles. The van der Waals surface area contributed by atoms with Crippen LogP contribution in [0, 0.1) is 11.8 Å². The summed E-state index contributed by atoms with van der Waals surface area (Å²) in [5.41, 5.74) is 0. The number of unbranched alkanes of at least 4 members (excludes halogenated alkanes) is 33. The Labute approximate surface area is 511 Å². The summed E-state index contributed by atoms with van der Waals surface area (Å²) in [6, 6.07) is 0. The minimum absolute atomic E-state index is 0.105. The second kappa shape index (κ2) is 57.5. The maximum absolute atomic E-state index is 13.0. The maximum atomic E-state index is 13.0. The molecule has 0 rings (SSSR count). The van der Waals surface area contributed by atoms with E-state index in [2.05, 4.69) is 41.5 Å². The van der Waals surface area contributed by atoms with Gasteiger partial charge in [0, 0.05) is 25.7 Å². The van der Waals surface area contributed by atoms with Gasteiger partial charge in [-0.05, 0) is 37.5 Å². The third-order valence-electron chi connectivity index (χ3n) is 15.3. The fraction of sp³-hybridized carbons (Fsp3) is 0.938. The molecular weight excluding hydrogens is 1110 g/mol. The third kappa shape index (κ3) is 57.8. The minimum atomic E-state index is -4.94. The molecule has 0 radical (unpaired) electrons. The summed E-state index contributed by atoms with van der Waals surface area (Å²) in [7, 11) is -9.88. The lowest BCUT2D eigenvalue weighted by molar-refractivity contribution is -0.161. The maximum Gasteiger partial charge on any atom is 0.472 e. The number of carbonyl (C=O) groups excluding carboxylic acids is 4. The van der Waals surface area contributed by atoms with Gasteiger partial charge in [-0.2, -0.15) is 0 Å². The molecule has 0 bridgehead atoms. The van der Waals surface area contributed by atoms with Crippen molar-refractivity contribution in [2.24, 2.45) is 11.8 Å². The summed E-state index contributed by atoms with van der Waals surface area (Å²) >= 11 is 0. The van der Waals surface area contributed by atoms with Crippen LogP contribution in [0.5, 0.6) is 0 Å². The van der Waals surface area contributed by atoms with Gasteiger partial charge in [0.1, 0.15) is 19.3 Å². The summed E-state index contributed by atoms with van der Waals surface area (Å²) in [5.74, 6) is -0.554. The number of phosphoric ester groups is 2. The molecule has 0 amide bonds. The quantitative estimate of drug-likeness (QED) is 0.0222. The third-order valence-corrected chi connectivity index (χ3v) is 17.2. The van der Waals surface area contributed by atoms with Crippen LogP contribution in [-0.2, 0) is 65.4 Å². The molecule has 0 saturated heterocycles. The molecule has 3 N–H and O–H groups in total. The van der Waals surface area contributed by atoms with Crippen LogP contribution in [-0.4, -0.2) is 96.7 Å². The van der Waals surface area contributed by atoms with Crippen LogP contribution < -0.4 is 0 Å². The van der Waals surface area contributed by atoms with Crippen molar-refractivity contribution >= 4 is 39.5 Å². The van der Waals surface area contributed by atoms with Crippen LogP contribution in [0.15, 0.2) is 0 Å². The van der Waals surface area contributed by atoms with E-state index < -0.39 is 97.5 Å². The van der Waals surface area contributed by atoms with Gasteiger partial charge in [0.25, 0.3) is 0 Å². The van der Waals surface area contributed by atoms with Gasteiger partial charge < -0.3 is 33.8 Å². The number of rotatable bonds is 64. The van der Waals surface area contributed by atoms with Crippen LogP contribution in [0.1, 0.15) is 324 Å². The Bertz CT molecular complexity index is 1650. The van der Waals surface area contributed by atoms with Crippen molar-refractivity contribution in [1.29, 1.82) is 0 Å². The molecular formula is C65H126O17P2. The first-order chi connectivity index (χ1) is 40.4. The summed E-state index contributed by atoms with van der Waals surface area (Å²) in [5, 5.41) is 10.5. The average Bonchev–Trinajstić information content (AvgIpc) is 3.56. The van der Waals surface area contributed by atoms with Gasteiger partial charge in [-0.25, -0.2) is 9.13 Å². The van der Waals surface area contributed by atoms with E-state index >= 15 is 0 Å². The SMILES string of the molecule is CCCCCCCCCCCC(=O)O[C@H](COC(=O)CCCCCCC)COP(=O)(O)OC[C@H](O)COP(=O)(O)OC[C@@H](COC(=O)CCCCCCCCCCCC(C)C)OC(=O)CCCCCCCCCCCCCCCCC(C)CC. The second-order valence-corrected chi connectivity index (χ2v) is 27.1. The Morgan fingerprint density at radius 2 is 0.607 bits per heavy atom. The summed E-state index contributed by atoms with van der Waals surface area (Å²) in [4.78, 5) is 72.0. The number of ether oxygens (including phenoxy) is 4. The van der Waals surface area contributed by atoms with Gasteiger partial charge in [0.15, 0.2) is 12.2 Å². The van der Waals surface area contributed by atoms with Crippen LogP contribution in [0.2, 0.25) is 0 Å². The van der Waals surface area contributed by atoms with Crippen LogP contribution >= 0.6 is 15.6 Å². The molecule has 0 aliphatic rings. The highest BCUT2D eigenvalue weighted by atomic mass is 31.2. The fourth-order valence-electron chi connectivity index (χ4n) is 9.68. The van der Waals surface area contributed by atoms with Crippen molar-refractivity contribution in [2.45, 2.75) is 342 Å². The van der Waals surface area contributed by atoms with Crippen LogP contribution in [0.25, 0.3) is 0 Å². The molecule has 0 aromatic rings. The second-order valence-electron chi connectivity index (χ2n) is 24.2. The molecule has 19 heteroatoms. The molecule has 0 fully saturated rings. The number of esters is 4. The van der Waals surface area contributed by atoms with Crippen LogP contribution in [0.4, 0.5) is 0 Å². The van der Waals surface area contributed by atoms with Gasteiger partial charge in [0.2, 0.25) is 0 Å². The number of phosphoric acid groups is 2. The molecule has 6 atom stereocenters. The zero-order valence-electron chi connectivity index (χ0n) is 54.2. The Balaban J connectivity index is 5.15. The first-order valence-corrected chi connectivity index (χ1v) is 37.0. The lowest BCUT2D eigenvalue weighted by atomic mass is 9.99. The molecule has 498 valence electrons. The molecule has 0 heterocycles. The highest BCUT2D eigenvalue weighted by molar-refractivity contribution is 7.47. The topological polar surface area (TPSA) is 237 Å². The first-order valence-electron chi connectivity index (χ1n) is 34.0. The van der Waals surface area contributed by atoms with Gasteiger partial charge >= 0.3 is 39.5 Å². The highest BCUT2D eigenvalue weighted by Crippen LogP contribution is 2.45. The Hall–Kier alpha value is -1.94. The number of carbonyl (C=O) groups is 4. The zero-order chi connectivity index (χ0) is 62.2. The largest absolute Gasteiger partial charge is 0.472 e. The molecule has 84 heavy (non-hydrogen) atoms. The van der Waals surface area contributed by atoms with Gasteiger partial charge in [0.05, 0.1) is 26.4 Å². The van der Waals surface area contributed by atoms with Gasteiger partial charge in [-0.1, -0.05) is 273 Å². The van der Waals surface area contributed by atoms with Crippen molar-refractivity contribution in [3.63, 3.8) is 0 Å². The van der Waals surface area contributed by atoms with Crippen molar-refractivity contribution in [1.82, 2.24) is 0 Å². The number of hydrogen-bond donors (Lipinski definition) is 3. The lowest BCUT2D eigenvalue weighted by Gasteiger charge is -2.21. The molecule has 17 nitrogen and oxygen atoms in total. The average molecular weight is 1240 g/mol. The van der Waals surface area contributed by atoms with E-state index in [1.807, 2.05) is 0 Å². The Kier molecular flexibility index (Phi) is 56.2. The van der Waals surface area contributed by atoms with Crippen molar-refractivity contribution in [3.05, 3.63) is 0 Å². The standard InChI is InChI=1S/C65H126O17P2/c1-7-10-12-14-15-23-31-37-43-49-64(69)81-60(53-75-62(67)47-41-33-13-11-8-2)55-79-83(71,72)77-51-59(66)52-78-84(73,74)80-56-61(54-76-63(68)48-42-36-30-27-22-24-28-34-39-45-57(4)5)82-65(70)50-44-38-32-26-21-19-17-16-18-20-25-29-35-40-46-58(6)9-3/h57-61,66H,7-56H2,1-6H3,(H,71,72)(H,73,74)/t58?,59-,60+,61+/m0/s1. The molecule has 0 aromatic heterocycles. The zero-order valence-corrected chi connectivity index (χ0v) is 56.0. The van der Waals surface area contributed by atoms with E-state index in [1.54, 1.807) is 0 Å². The van der Waals surface area contributed by atoms with E-state index in [-0.39, 0.29) is 25.7 Å². The predicted molar refractivity (Wildman–Crippen MR) is 335 cm³/mol. The van der Waals surface area contributed by atoms with Crippen LogP contribution in [0.3, 0.4) is 0 Å². The molecule has 0 spiro atoms. The number of hydrogen-bond acceptors (Lipinski definition) is 15. The number of aliphatic hydroxyl groups excluding tert-OH is 1. The predicted octanol–water partition coefficient (Wildman–Crippen LogP) is 18.0. The van der Waals surface area contributed by atoms with Crippen molar-refractivity contribution in [3.8, 4) is 0 Å². The van der Waals surface area contributed by atoms with E-state index in [4.69, 9.17) is 37.0 Å². The normalized spacial score (nSPS) is 14.6. The summed E-state index contributed by atoms with van der Waals surface area (Å²) in [6.45, 7) is 9.44. The molecule has 0 saturated carbocycles. The van der Waals surface area contributed by atoms with E-state index in [9.17, 15) is 43.2 Å². The first kappa shape index (κ1) is 82.1. The number of aliphatic hydroxyl groups is 1. The van der Waals surface area contributed by atoms with E-state index in [0.717, 1.165) is 108 Å². The Morgan fingerprint density at radius 3 is 0.905 bits per heavy atom. The van der Waals surface area contributed by atoms with E-state index in [1.165, 1.54) is 135 Å². The Morgan fingerprint density at radius 1 is 0.345 bits per heavy atom. The highest BCUT2D eigenvalue weighted by Gasteiger charge is 2.30. The minimum Gasteiger partial charge on any atom is -0.462 e. The van der Waals surface area contributed by atoms with Gasteiger partial charge in [-0.15, -0.1) is 0 Å². The fourth-order valence-corrected chi connectivity index (χ4v) is 11.3. The lowest BCUT2D eigenvalue weighted by Crippen LogP contribution is -2.30. The van der Waals surface area contributed by atoms with Crippen molar-refractivity contribution in [2.75, 3.05) is 39.6 Å². The summed E-state index contributed by atoms with van der Waals surface area (Å²) < 4.78 is 67.8. The van der Waals surface area contributed by atoms with Gasteiger partial charge in [-0.3, -0.25) is 37.3 Å². The molecule has 0 aliphatic carbocycles. The van der Waals surface area contributed by atoms with E-state index in [0.29, 0.717) is 25.7 Å². The molecule has 3 unspecified atom stereocenters. The monoisotopic (exact) mass is 1240 g/mol. The van der Waals surface area contributed by atoms with Crippen molar-refractivity contribution < 1.29 is 80.2 Å².